The number of nitrogens with zero attached hydrogens (tertiary/aromatic N) is 4. The van der Waals surface area contributed by atoms with Crippen LogP contribution in [-0.2, 0) is 13.0 Å². The molecule has 1 amide bonds. The first-order valence-corrected chi connectivity index (χ1v) is 6.22. The first-order valence-electron chi connectivity index (χ1n) is 6.22. The Kier molecular flexibility index (Phi) is 4.84. The van der Waals surface area contributed by atoms with Gasteiger partial charge < -0.3 is 4.74 Å². The van der Waals surface area contributed by atoms with E-state index in [2.05, 4.69) is 16.4 Å². The van der Waals surface area contributed by atoms with Gasteiger partial charge in [0, 0.05) is 0 Å². The van der Waals surface area contributed by atoms with E-state index in [1.807, 2.05) is 17.6 Å². The van der Waals surface area contributed by atoms with Crippen molar-refractivity contribution < 1.29 is 9.53 Å². The van der Waals surface area contributed by atoms with Crippen molar-refractivity contribution in [1.82, 2.24) is 20.4 Å². The maximum absolute atomic E-state index is 11.2. The molecule has 0 saturated carbocycles. The summed E-state index contributed by atoms with van der Waals surface area (Å²) in [6.07, 6.45) is 1.87. The molecule has 3 N–H and O–H groups in total. The predicted octanol–water partition coefficient (Wildman–Crippen LogP) is 0.0267. The molecule has 0 fully saturated rings. The summed E-state index contributed by atoms with van der Waals surface area (Å²) < 4.78 is 7.04. The molecule has 0 unspecified atom stereocenters. The van der Waals surface area contributed by atoms with E-state index in [0.29, 0.717) is 25.3 Å². The quantitative estimate of drug-likeness (QED) is 0.439. The number of nitrogens with one attached hydrogen (secondary N) is 1. The number of nitriles is 1. The van der Waals surface area contributed by atoms with Gasteiger partial charge in [-0.15, -0.1) is 5.10 Å². The molecule has 1 heterocycles. The van der Waals surface area contributed by atoms with Crippen LogP contribution in [0.5, 0.6) is 5.75 Å². The topological polar surface area (TPSA) is 119 Å². The van der Waals surface area contributed by atoms with Gasteiger partial charge in [-0.05, 0) is 17.7 Å². The van der Waals surface area contributed by atoms with Crippen LogP contribution in [0.1, 0.15) is 16.1 Å². The Morgan fingerprint density at radius 2 is 2.19 bits per heavy atom. The van der Waals surface area contributed by atoms with Gasteiger partial charge in [0.2, 0.25) is 0 Å². The molecule has 0 bridgehead atoms. The molecule has 21 heavy (non-hydrogen) atoms. The number of amides is 1. The van der Waals surface area contributed by atoms with Crippen LogP contribution in [0.25, 0.3) is 0 Å². The minimum absolute atomic E-state index is 0.151. The molecule has 0 saturated heterocycles. The Morgan fingerprint density at radius 1 is 1.43 bits per heavy atom. The van der Waals surface area contributed by atoms with E-state index in [1.165, 1.54) is 10.9 Å². The first kappa shape index (κ1) is 14.5. The van der Waals surface area contributed by atoms with E-state index in [0.717, 1.165) is 5.56 Å². The van der Waals surface area contributed by atoms with E-state index < -0.39 is 5.91 Å². The van der Waals surface area contributed by atoms with Gasteiger partial charge in [0.15, 0.2) is 5.69 Å². The minimum Gasteiger partial charge on any atom is -0.492 e. The zero-order chi connectivity index (χ0) is 15.1. The van der Waals surface area contributed by atoms with Crippen LogP contribution in [0.2, 0.25) is 0 Å². The number of carbonyl (C=O) groups excluding carboxylic acids is 1. The zero-order valence-electron chi connectivity index (χ0n) is 11.2. The van der Waals surface area contributed by atoms with Gasteiger partial charge in [0.05, 0.1) is 25.2 Å². The molecule has 8 heteroatoms. The minimum atomic E-state index is -0.491. The first-order chi connectivity index (χ1) is 10.2. The van der Waals surface area contributed by atoms with Crippen LogP contribution in [-0.4, -0.2) is 27.5 Å². The molecule has 0 radical (unpaired) electrons. The average molecular weight is 286 g/mol. The Bertz CT molecular complexity index is 643. The summed E-state index contributed by atoms with van der Waals surface area (Å²) in [5.74, 6) is 5.22. The number of hydrogen-bond donors (Lipinski definition) is 2. The zero-order valence-corrected chi connectivity index (χ0v) is 11.2. The van der Waals surface area contributed by atoms with Gasteiger partial charge >= 0.3 is 0 Å². The molecular weight excluding hydrogens is 272 g/mol. The molecule has 2 rings (SSSR count). The molecule has 0 atom stereocenters. The van der Waals surface area contributed by atoms with Crippen molar-refractivity contribution in [3.8, 4) is 11.8 Å². The summed E-state index contributed by atoms with van der Waals surface area (Å²) >= 11 is 0. The van der Waals surface area contributed by atoms with Crippen LogP contribution in [0, 0.1) is 11.3 Å². The van der Waals surface area contributed by atoms with Crippen molar-refractivity contribution >= 4 is 5.91 Å². The van der Waals surface area contributed by atoms with Crippen molar-refractivity contribution in [1.29, 1.82) is 5.26 Å². The lowest BCUT2D eigenvalue weighted by atomic mass is 10.2. The Balaban J connectivity index is 1.82. The lowest BCUT2D eigenvalue weighted by molar-refractivity contribution is 0.0948. The molecule has 2 aromatic rings. The number of benzene rings is 1. The highest BCUT2D eigenvalue weighted by atomic mass is 16.5. The van der Waals surface area contributed by atoms with Crippen LogP contribution in [0.4, 0.5) is 0 Å². The van der Waals surface area contributed by atoms with Gasteiger partial charge in [-0.25, -0.2) is 10.5 Å². The summed E-state index contributed by atoms with van der Waals surface area (Å²) in [6, 6.07) is 9.39. The van der Waals surface area contributed by atoms with Crippen LogP contribution >= 0.6 is 0 Å². The standard InChI is InChI=1S/C13H14N6O2/c14-6-5-10-1-3-11(4-2-10)21-8-7-19-9-12(17-18-19)13(20)16-15/h1-4,9H,5,7-8,15H2,(H,16,20). The summed E-state index contributed by atoms with van der Waals surface area (Å²) in [4.78, 5) is 11.2. The fourth-order valence-electron chi connectivity index (χ4n) is 1.64. The Hall–Kier alpha value is -2.92. The van der Waals surface area contributed by atoms with Crippen molar-refractivity contribution in [2.75, 3.05) is 6.61 Å². The van der Waals surface area contributed by atoms with Crippen molar-refractivity contribution in [2.45, 2.75) is 13.0 Å². The highest BCUT2D eigenvalue weighted by Gasteiger charge is 2.08. The van der Waals surface area contributed by atoms with E-state index in [1.54, 1.807) is 12.1 Å². The van der Waals surface area contributed by atoms with Crippen molar-refractivity contribution in [3.63, 3.8) is 0 Å². The van der Waals surface area contributed by atoms with E-state index in [9.17, 15) is 4.79 Å². The number of nitrogen functional groups attached to an aromatic ring is 1. The SMILES string of the molecule is N#CCc1ccc(OCCn2cc(C(=O)NN)nn2)cc1. The number of ether oxygens (including phenoxy) is 1. The van der Waals surface area contributed by atoms with Gasteiger partial charge in [-0.1, -0.05) is 17.3 Å². The second kappa shape index (κ2) is 7.02. The lowest BCUT2D eigenvalue weighted by Crippen LogP contribution is -2.30. The third-order valence-electron chi connectivity index (χ3n) is 2.70. The monoisotopic (exact) mass is 286 g/mol. The molecule has 0 aliphatic rings. The molecule has 8 nitrogen and oxygen atoms in total. The largest absolute Gasteiger partial charge is 0.492 e. The number of carbonyl (C=O) groups is 1. The van der Waals surface area contributed by atoms with E-state index in [4.69, 9.17) is 15.8 Å². The van der Waals surface area contributed by atoms with Crippen molar-refractivity contribution in [2.24, 2.45) is 5.84 Å². The maximum Gasteiger partial charge on any atom is 0.287 e. The van der Waals surface area contributed by atoms with E-state index >= 15 is 0 Å². The second-order valence-electron chi connectivity index (χ2n) is 4.17. The number of hydrogen-bond acceptors (Lipinski definition) is 6. The molecule has 0 aliphatic heterocycles. The second-order valence-corrected chi connectivity index (χ2v) is 4.17. The highest BCUT2D eigenvalue weighted by molar-refractivity contribution is 5.91. The summed E-state index contributed by atoms with van der Waals surface area (Å²) in [5, 5.41) is 16.1. The molecule has 1 aromatic heterocycles. The number of nitrogens with two attached hydrogens (primary N) is 1. The summed E-state index contributed by atoms with van der Waals surface area (Å²) in [5.41, 5.74) is 3.08. The maximum atomic E-state index is 11.2. The van der Waals surface area contributed by atoms with Gasteiger partial charge in [0.1, 0.15) is 12.4 Å². The normalized spacial score (nSPS) is 9.90. The van der Waals surface area contributed by atoms with Crippen LogP contribution in [0.3, 0.4) is 0 Å². The number of rotatable bonds is 6. The Morgan fingerprint density at radius 3 is 2.86 bits per heavy atom. The number of aromatic nitrogens is 3. The van der Waals surface area contributed by atoms with E-state index in [-0.39, 0.29) is 5.69 Å². The third-order valence-corrected chi connectivity index (χ3v) is 2.70. The smallest absolute Gasteiger partial charge is 0.287 e. The lowest BCUT2D eigenvalue weighted by Gasteiger charge is -2.06. The number of hydrazine groups is 1. The summed E-state index contributed by atoms with van der Waals surface area (Å²) in [7, 11) is 0. The molecular formula is C13H14N6O2. The van der Waals surface area contributed by atoms with Gasteiger partial charge in [-0.2, -0.15) is 5.26 Å². The van der Waals surface area contributed by atoms with Crippen LogP contribution < -0.4 is 16.0 Å². The fourth-order valence-corrected chi connectivity index (χ4v) is 1.64. The molecule has 0 aliphatic carbocycles. The highest BCUT2D eigenvalue weighted by Crippen LogP contribution is 2.12. The fraction of sp³-hybridized carbons (Fsp3) is 0.231. The third kappa shape index (κ3) is 4.02. The Labute approximate surface area is 121 Å². The van der Waals surface area contributed by atoms with Crippen molar-refractivity contribution in [3.05, 3.63) is 41.7 Å². The van der Waals surface area contributed by atoms with Gasteiger partial charge in [-0.3, -0.25) is 10.2 Å². The molecule has 1 aromatic carbocycles. The van der Waals surface area contributed by atoms with Crippen LogP contribution in [0.15, 0.2) is 30.5 Å². The van der Waals surface area contributed by atoms with Gasteiger partial charge in [0.25, 0.3) is 5.91 Å². The molecule has 0 spiro atoms. The average Bonchev–Trinajstić information content (AvgIpc) is 2.97. The molecule has 108 valence electrons. The predicted molar refractivity (Wildman–Crippen MR) is 72.9 cm³/mol. The summed E-state index contributed by atoms with van der Waals surface area (Å²) in [6.45, 7) is 0.829.